The summed E-state index contributed by atoms with van der Waals surface area (Å²) in [6, 6.07) is 12.9. The van der Waals surface area contributed by atoms with Crippen LogP contribution in [0.1, 0.15) is 18.4 Å². The van der Waals surface area contributed by atoms with Gasteiger partial charge in [0.25, 0.3) is 5.91 Å². The van der Waals surface area contributed by atoms with Crippen molar-refractivity contribution in [2.45, 2.75) is 12.8 Å². The Kier molecular flexibility index (Phi) is 4.50. The Labute approximate surface area is 133 Å². The molecule has 0 unspecified atom stereocenters. The highest BCUT2D eigenvalue weighted by molar-refractivity contribution is 7.80. The molecule has 1 aromatic rings. The van der Waals surface area contributed by atoms with Crippen LogP contribution in [0.5, 0.6) is 0 Å². The predicted octanol–water partition coefficient (Wildman–Crippen LogP) is 1.51. The van der Waals surface area contributed by atoms with Gasteiger partial charge in [0.1, 0.15) is 5.92 Å². The summed E-state index contributed by atoms with van der Waals surface area (Å²) in [4.78, 5) is 12.5. The molecule has 0 saturated heterocycles. The smallest absolute Gasteiger partial charge is 0.259 e. The van der Waals surface area contributed by atoms with Crippen LogP contribution >= 0.6 is 12.2 Å². The number of carbonyl (C=O) groups is 1. The fraction of sp³-hybridized carbons (Fsp3) is 0.267. The van der Waals surface area contributed by atoms with Gasteiger partial charge in [-0.05, 0) is 24.7 Å². The van der Waals surface area contributed by atoms with E-state index in [4.69, 9.17) is 18.0 Å². The van der Waals surface area contributed by atoms with Crippen molar-refractivity contribution in [1.29, 1.82) is 10.5 Å². The van der Waals surface area contributed by atoms with E-state index in [2.05, 4.69) is 5.10 Å². The molecule has 0 bridgehead atoms. The molecular weight excluding hydrogens is 298 g/mol. The number of nitrogens with zero attached hydrogens (tertiary/aromatic N) is 4. The third-order valence-electron chi connectivity index (χ3n) is 3.57. The quantitative estimate of drug-likeness (QED) is 0.852. The lowest BCUT2D eigenvalue weighted by Gasteiger charge is -2.24. The van der Waals surface area contributed by atoms with Crippen molar-refractivity contribution in [1.82, 2.24) is 5.01 Å². The summed E-state index contributed by atoms with van der Waals surface area (Å²) in [6.45, 7) is 1.67. The summed E-state index contributed by atoms with van der Waals surface area (Å²) < 4.78 is 0. The van der Waals surface area contributed by atoms with Crippen LogP contribution in [0.2, 0.25) is 0 Å². The minimum absolute atomic E-state index is 0.149. The van der Waals surface area contributed by atoms with E-state index in [9.17, 15) is 15.3 Å². The van der Waals surface area contributed by atoms with Crippen molar-refractivity contribution in [2.24, 2.45) is 22.7 Å². The second kappa shape index (κ2) is 6.33. The number of hydrazone groups is 1. The fourth-order valence-electron chi connectivity index (χ4n) is 2.59. The van der Waals surface area contributed by atoms with Gasteiger partial charge >= 0.3 is 0 Å². The van der Waals surface area contributed by atoms with Gasteiger partial charge in [-0.25, -0.2) is 0 Å². The maximum atomic E-state index is 12.5. The highest BCUT2D eigenvalue weighted by atomic mass is 32.1. The van der Waals surface area contributed by atoms with Gasteiger partial charge in [-0.1, -0.05) is 30.3 Å². The van der Waals surface area contributed by atoms with Crippen molar-refractivity contribution in [2.75, 3.05) is 0 Å². The molecule has 0 fully saturated rings. The number of hydrogen-bond donors (Lipinski definition) is 1. The Morgan fingerprint density at radius 2 is 1.95 bits per heavy atom. The first-order valence-electron chi connectivity index (χ1n) is 6.54. The van der Waals surface area contributed by atoms with Crippen LogP contribution in [0.3, 0.4) is 0 Å². The molecule has 0 aliphatic carbocycles. The van der Waals surface area contributed by atoms with Crippen molar-refractivity contribution < 1.29 is 4.79 Å². The van der Waals surface area contributed by atoms with Gasteiger partial charge in [-0.15, -0.1) is 0 Å². The molecule has 22 heavy (non-hydrogen) atoms. The molecular formula is C15H13N5OS. The Bertz CT molecular complexity index is 702. The number of nitrogens with two attached hydrogens (primary N) is 1. The molecule has 110 valence electrons. The second-order valence-electron chi connectivity index (χ2n) is 4.88. The SMILES string of the molecule is CC1=NN(C(N)=S)C(=O)[C@H]1[C@@H](c1ccccc1)C(C#N)C#N. The van der Waals surface area contributed by atoms with Crippen LogP contribution in [0.25, 0.3) is 0 Å². The van der Waals surface area contributed by atoms with Crippen molar-refractivity contribution in [3.05, 3.63) is 35.9 Å². The Balaban J connectivity index is 2.50. The van der Waals surface area contributed by atoms with Crippen LogP contribution in [-0.2, 0) is 4.79 Å². The monoisotopic (exact) mass is 311 g/mol. The minimum Gasteiger partial charge on any atom is -0.374 e. The van der Waals surface area contributed by atoms with E-state index in [1.54, 1.807) is 31.2 Å². The van der Waals surface area contributed by atoms with Gasteiger partial charge < -0.3 is 5.73 Å². The zero-order valence-corrected chi connectivity index (χ0v) is 12.6. The maximum Gasteiger partial charge on any atom is 0.259 e. The molecule has 2 N–H and O–H groups in total. The zero-order valence-electron chi connectivity index (χ0n) is 11.8. The minimum atomic E-state index is -0.979. The lowest BCUT2D eigenvalue weighted by molar-refractivity contribution is -0.128. The van der Waals surface area contributed by atoms with E-state index in [-0.39, 0.29) is 5.11 Å². The molecule has 1 amide bonds. The number of benzene rings is 1. The molecule has 1 aromatic carbocycles. The second-order valence-corrected chi connectivity index (χ2v) is 5.30. The standard InChI is InChI=1S/C15H13N5OS/c1-9-12(14(21)20(19-9)15(18)22)13(11(7-16)8-17)10-5-3-2-4-6-10/h2-6,11-13H,1H3,(H2,18,22)/t12-,13+/m1/s1. The topological polar surface area (TPSA) is 106 Å². The first kappa shape index (κ1) is 15.6. The van der Waals surface area contributed by atoms with E-state index in [1.165, 1.54) is 0 Å². The molecule has 2 atom stereocenters. The lowest BCUT2D eigenvalue weighted by atomic mass is 9.76. The molecule has 1 aliphatic heterocycles. The zero-order chi connectivity index (χ0) is 16.3. The fourth-order valence-corrected chi connectivity index (χ4v) is 2.72. The molecule has 1 heterocycles. The van der Waals surface area contributed by atoms with E-state index < -0.39 is 23.7 Å². The largest absolute Gasteiger partial charge is 0.374 e. The van der Waals surface area contributed by atoms with Crippen LogP contribution in [0.4, 0.5) is 0 Å². The average Bonchev–Trinajstić information content (AvgIpc) is 2.81. The number of amides is 1. The molecule has 6 nitrogen and oxygen atoms in total. The van der Waals surface area contributed by atoms with E-state index in [1.807, 2.05) is 18.2 Å². The van der Waals surface area contributed by atoms with Gasteiger partial charge in [0, 0.05) is 11.6 Å². The highest BCUT2D eigenvalue weighted by Crippen LogP contribution is 2.36. The Hall–Kier alpha value is -2.77. The third kappa shape index (κ3) is 2.67. The van der Waals surface area contributed by atoms with Gasteiger partial charge in [0.05, 0.1) is 18.1 Å². The van der Waals surface area contributed by atoms with Gasteiger partial charge in [-0.2, -0.15) is 20.6 Å². The van der Waals surface area contributed by atoms with Crippen LogP contribution in [0.15, 0.2) is 35.4 Å². The van der Waals surface area contributed by atoms with Gasteiger partial charge in [-0.3, -0.25) is 4.79 Å². The predicted molar refractivity (Wildman–Crippen MR) is 84.1 cm³/mol. The number of carbonyl (C=O) groups excluding carboxylic acids is 1. The Morgan fingerprint density at radius 1 is 1.36 bits per heavy atom. The Morgan fingerprint density at radius 3 is 2.41 bits per heavy atom. The first-order valence-corrected chi connectivity index (χ1v) is 6.94. The van der Waals surface area contributed by atoms with Crippen molar-refractivity contribution in [3.63, 3.8) is 0 Å². The van der Waals surface area contributed by atoms with Gasteiger partial charge in [0.2, 0.25) is 0 Å². The van der Waals surface area contributed by atoms with E-state index in [0.29, 0.717) is 5.71 Å². The maximum absolute atomic E-state index is 12.5. The highest BCUT2D eigenvalue weighted by Gasteiger charge is 2.44. The molecule has 7 heteroatoms. The number of hydrogen-bond acceptors (Lipinski definition) is 5. The lowest BCUT2D eigenvalue weighted by Crippen LogP contribution is -2.39. The van der Waals surface area contributed by atoms with Crippen LogP contribution < -0.4 is 5.73 Å². The number of thiocarbonyl (C=S) groups is 1. The summed E-state index contributed by atoms with van der Waals surface area (Å²) in [7, 11) is 0. The molecule has 0 aromatic heterocycles. The molecule has 1 aliphatic rings. The van der Waals surface area contributed by atoms with E-state index in [0.717, 1.165) is 10.6 Å². The third-order valence-corrected chi connectivity index (χ3v) is 3.75. The molecule has 0 saturated carbocycles. The summed E-state index contributed by atoms with van der Waals surface area (Å²) in [5.74, 6) is -2.73. The summed E-state index contributed by atoms with van der Waals surface area (Å²) in [6.07, 6.45) is 0. The molecule has 0 spiro atoms. The summed E-state index contributed by atoms with van der Waals surface area (Å²) >= 11 is 4.81. The van der Waals surface area contributed by atoms with Crippen LogP contribution in [-0.4, -0.2) is 21.7 Å². The first-order chi connectivity index (χ1) is 10.5. The molecule has 2 rings (SSSR count). The number of nitriles is 2. The molecule has 0 radical (unpaired) electrons. The van der Waals surface area contributed by atoms with Crippen LogP contribution in [0, 0.1) is 34.5 Å². The van der Waals surface area contributed by atoms with E-state index >= 15 is 0 Å². The number of rotatable bonds is 3. The van der Waals surface area contributed by atoms with Crippen molar-refractivity contribution >= 4 is 28.9 Å². The van der Waals surface area contributed by atoms with Gasteiger partial charge in [0.15, 0.2) is 5.11 Å². The summed E-state index contributed by atoms with van der Waals surface area (Å²) in [5.41, 5.74) is 6.71. The van der Waals surface area contributed by atoms with Crippen molar-refractivity contribution in [3.8, 4) is 12.1 Å². The average molecular weight is 311 g/mol. The normalized spacial score (nSPS) is 18.5. The summed E-state index contributed by atoms with van der Waals surface area (Å²) in [5, 5.41) is 23.4.